The number of thioether (sulfide) groups is 1. The van der Waals surface area contributed by atoms with Crippen molar-refractivity contribution in [2.75, 3.05) is 0 Å². The van der Waals surface area contributed by atoms with Crippen LogP contribution in [-0.2, 0) is 0 Å². The molecule has 2 rings (SSSR count). The van der Waals surface area contributed by atoms with Gasteiger partial charge in [0.05, 0.1) is 0 Å². The van der Waals surface area contributed by atoms with Gasteiger partial charge >= 0.3 is 17.4 Å². The van der Waals surface area contributed by atoms with E-state index in [1.54, 1.807) is 0 Å². The molecule has 1 aromatic heterocycles. The summed E-state index contributed by atoms with van der Waals surface area (Å²) in [4.78, 5) is 2.75. The lowest BCUT2D eigenvalue weighted by Crippen LogP contribution is -2.49. The molecule has 0 amide bonds. The number of aromatic nitrogens is 1. The minimum Gasteiger partial charge on any atom is -0.228 e. The Bertz CT molecular complexity index is 816. The van der Waals surface area contributed by atoms with Crippen LogP contribution >= 0.6 is 11.8 Å². The van der Waals surface area contributed by atoms with Crippen LogP contribution in [0.5, 0.6) is 0 Å². The molecule has 0 spiro atoms. The first-order chi connectivity index (χ1) is 11.8. The topological polar surface area (TPSA) is 12.9 Å². The van der Waals surface area contributed by atoms with E-state index >= 15 is 0 Å². The highest BCUT2D eigenvalue weighted by atomic mass is 32.2. The summed E-state index contributed by atoms with van der Waals surface area (Å²) in [5.74, 6) is -7.33. The third kappa shape index (κ3) is 3.65. The molecule has 1 aromatic carbocycles. The van der Waals surface area contributed by atoms with Crippen LogP contribution in [0.2, 0.25) is 0 Å². The van der Waals surface area contributed by atoms with Gasteiger partial charge in [-0.2, -0.15) is 35.1 Å². The zero-order chi connectivity index (χ0) is 19.9. The van der Waals surface area contributed by atoms with Crippen LogP contribution < -0.4 is 0 Å². The van der Waals surface area contributed by atoms with Crippen LogP contribution in [-0.4, -0.2) is 22.3 Å². The molecule has 0 saturated carbocycles. The van der Waals surface area contributed by atoms with Gasteiger partial charge < -0.3 is 0 Å². The van der Waals surface area contributed by atoms with Crippen molar-refractivity contribution < 1.29 is 35.1 Å². The van der Waals surface area contributed by atoms with Crippen molar-refractivity contribution in [1.82, 2.24) is 4.98 Å². The number of pyridine rings is 1. The zero-order valence-corrected chi connectivity index (χ0v) is 14.1. The van der Waals surface area contributed by atoms with Crippen molar-refractivity contribution in [2.24, 2.45) is 0 Å². The fourth-order valence-electron chi connectivity index (χ4n) is 2.29. The molecule has 0 atom stereocenters. The standard InChI is InChI=1S/C16H11F8NS/c1-8-6-9(2)12(10-4-3-5-25-13(10)17)11(7-8)26-16(23,24)14(18,19)15(20,21)22/h3-7H,1-2H3. The molecule has 0 aliphatic heterocycles. The van der Waals surface area contributed by atoms with E-state index < -0.39 is 40.0 Å². The molecule has 1 nitrogen and oxygen atoms in total. The highest BCUT2D eigenvalue weighted by Crippen LogP contribution is 2.55. The van der Waals surface area contributed by atoms with Crippen LogP contribution in [0, 0.1) is 19.8 Å². The summed E-state index contributed by atoms with van der Waals surface area (Å²) in [5.41, 5.74) is 0.0668. The highest BCUT2D eigenvalue weighted by Gasteiger charge is 2.73. The number of alkyl halides is 7. The summed E-state index contributed by atoms with van der Waals surface area (Å²) in [6.07, 6.45) is -5.36. The number of halogens is 8. The molecule has 0 saturated heterocycles. The van der Waals surface area contributed by atoms with Crippen LogP contribution in [0.4, 0.5) is 35.1 Å². The Morgan fingerprint density at radius 3 is 2.12 bits per heavy atom. The Labute approximate surface area is 147 Å². The summed E-state index contributed by atoms with van der Waals surface area (Å²) in [6, 6.07) is 4.92. The van der Waals surface area contributed by atoms with Crippen LogP contribution in [0.15, 0.2) is 35.4 Å². The Morgan fingerprint density at radius 1 is 0.962 bits per heavy atom. The molecule has 0 radical (unpaired) electrons. The molecule has 10 heteroatoms. The van der Waals surface area contributed by atoms with E-state index in [9.17, 15) is 35.1 Å². The first-order valence-electron chi connectivity index (χ1n) is 7.01. The number of aryl methyl sites for hydroxylation is 2. The Balaban J connectivity index is 2.63. The van der Waals surface area contributed by atoms with Crippen LogP contribution in [0.1, 0.15) is 11.1 Å². The Morgan fingerprint density at radius 2 is 1.58 bits per heavy atom. The molecule has 0 aliphatic carbocycles. The van der Waals surface area contributed by atoms with Gasteiger partial charge in [0.2, 0.25) is 5.95 Å². The predicted octanol–water partition coefficient (Wildman–Crippen LogP) is 6.39. The highest BCUT2D eigenvalue weighted by molar-refractivity contribution is 8.00. The van der Waals surface area contributed by atoms with E-state index in [1.165, 1.54) is 32.0 Å². The van der Waals surface area contributed by atoms with Gasteiger partial charge in [-0.25, -0.2) is 4.98 Å². The summed E-state index contributed by atoms with van der Waals surface area (Å²) in [6.45, 7) is 2.85. The maximum atomic E-state index is 14.0. The van der Waals surface area contributed by atoms with Crippen molar-refractivity contribution in [3.8, 4) is 11.1 Å². The van der Waals surface area contributed by atoms with Gasteiger partial charge in [-0.15, -0.1) is 0 Å². The van der Waals surface area contributed by atoms with Gasteiger partial charge in [-0.1, -0.05) is 6.07 Å². The molecule has 0 fully saturated rings. The largest absolute Gasteiger partial charge is 0.460 e. The van der Waals surface area contributed by atoms with Crippen LogP contribution in [0.25, 0.3) is 11.1 Å². The second kappa shape index (κ2) is 6.71. The van der Waals surface area contributed by atoms with Gasteiger partial charge in [0.15, 0.2) is 0 Å². The van der Waals surface area contributed by atoms with E-state index in [0.29, 0.717) is 5.56 Å². The SMILES string of the molecule is Cc1cc(C)c(-c2cccnc2F)c(SC(F)(F)C(F)(F)C(F)(F)F)c1. The molecule has 26 heavy (non-hydrogen) atoms. The van der Waals surface area contributed by atoms with E-state index in [4.69, 9.17) is 0 Å². The first kappa shape index (κ1) is 20.5. The molecule has 0 unspecified atom stereocenters. The lowest BCUT2D eigenvalue weighted by Gasteiger charge is -2.28. The van der Waals surface area contributed by atoms with Gasteiger partial charge in [0.1, 0.15) is 0 Å². The van der Waals surface area contributed by atoms with E-state index in [1.807, 2.05) is 0 Å². The monoisotopic (exact) mass is 401 g/mol. The second-order valence-electron chi connectivity index (χ2n) is 5.49. The minimum absolute atomic E-state index is 0.219. The summed E-state index contributed by atoms with van der Waals surface area (Å²) < 4.78 is 105. The lowest BCUT2D eigenvalue weighted by molar-refractivity contribution is -0.330. The number of hydrogen-bond acceptors (Lipinski definition) is 2. The molecular weight excluding hydrogens is 390 g/mol. The third-order valence-electron chi connectivity index (χ3n) is 3.43. The fraction of sp³-hybridized carbons (Fsp3) is 0.312. The molecular formula is C16H11F8NS. The van der Waals surface area contributed by atoms with Gasteiger partial charge in [-0.05, 0) is 54.9 Å². The molecule has 2 aromatic rings. The first-order valence-corrected chi connectivity index (χ1v) is 7.83. The molecule has 1 heterocycles. The van der Waals surface area contributed by atoms with Crippen molar-refractivity contribution in [1.29, 1.82) is 0 Å². The quantitative estimate of drug-likeness (QED) is 0.335. The minimum atomic E-state index is -6.44. The molecule has 0 N–H and O–H groups in total. The van der Waals surface area contributed by atoms with Crippen molar-refractivity contribution in [3.05, 3.63) is 47.5 Å². The number of nitrogens with zero attached hydrogens (tertiary/aromatic N) is 1. The smallest absolute Gasteiger partial charge is 0.228 e. The lowest BCUT2D eigenvalue weighted by atomic mass is 9.99. The van der Waals surface area contributed by atoms with E-state index in [0.717, 1.165) is 12.3 Å². The Kier molecular flexibility index (Phi) is 5.29. The van der Waals surface area contributed by atoms with Gasteiger partial charge in [0, 0.05) is 22.2 Å². The molecule has 0 aliphatic rings. The number of benzene rings is 1. The molecule has 0 bridgehead atoms. The summed E-state index contributed by atoms with van der Waals surface area (Å²) in [7, 11) is 0. The summed E-state index contributed by atoms with van der Waals surface area (Å²) >= 11 is -0.960. The van der Waals surface area contributed by atoms with E-state index in [2.05, 4.69) is 4.98 Å². The normalized spacial score (nSPS) is 13.2. The molecule has 142 valence electrons. The third-order valence-corrected chi connectivity index (χ3v) is 4.49. The number of hydrogen-bond donors (Lipinski definition) is 0. The Hall–Kier alpha value is -1.84. The fourth-order valence-corrected chi connectivity index (χ4v) is 3.43. The summed E-state index contributed by atoms with van der Waals surface area (Å²) in [5, 5.41) is -5.50. The maximum Gasteiger partial charge on any atom is 0.460 e. The predicted molar refractivity (Wildman–Crippen MR) is 80.9 cm³/mol. The average Bonchev–Trinajstić information content (AvgIpc) is 2.46. The maximum absolute atomic E-state index is 14.0. The van der Waals surface area contributed by atoms with Crippen molar-refractivity contribution >= 4 is 11.8 Å². The number of rotatable bonds is 4. The van der Waals surface area contributed by atoms with Crippen LogP contribution in [0.3, 0.4) is 0 Å². The van der Waals surface area contributed by atoms with Gasteiger partial charge in [-0.3, -0.25) is 0 Å². The second-order valence-corrected chi connectivity index (χ2v) is 6.64. The van der Waals surface area contributed by atoms with Crippen molar-refractivity contribution in [3.63, 3.8) is 0 Å². The van der Waals surface area contributed by atoms with Crippen molar-refractivity contribution in [2.45, 2.75) is 36.1 Å². The van der Waals surface area contributed by atoms with E-state index in [-0.39, 0.29) is 16.7 Å². The van der Waals surface area contributed by atoms with Gasteiger partial charge in [0.25, 0.3) is 0 Å². The average molecular weight is 401 g/mol. The zero-order valence-electron chi connectivity index (χ0n) is 13.3.